The molecule has 0 aromatic heterocycles. The zero-order chi connectivity index (χ0) is 16.9. The number of hydrogen-bond acceptors (Lipinski definition) is 2. The maximum atomic E-state index is 12.4. The first kappa shape index (κ1) is 16.2. The summed E-state index contributed by atoms with van der Waals surface area (Å²) in [4.78, 5) is 24.6. The number of amides is 2. The fourth-order valence-electron chi connectivity index (χ4n) is 5.32. The van der Waals surface area contributed by atoms with Gasteiger partial charge in [-0.25, -0.2) is 0 Å². The molecule has 0 spiro atoms. The number of carbonyl (C=O) groups excluding carboxylic acids is 2. The van der Waals surface area contributed by atoms with Crippen LogP contribution in [0.3, 0.4) is 0 Å². The quantitative estimate of drug-likeness (QED) is 0.776. The first-order valence-electron chi connectivity index (χ1n) is 8.51. The second kappa shape index (κ2) is 5.92. The van der Waals surface area contributed by atoms with Crippen molar-refractivity contribution in [3.63, 3.8) is 0 Å². The third kappa shape index (κ3) is 3.02. The van der Waals surface area contributed by atoms with Gasteiger partial charge in [0, 0.05) is 11.2 Å². The summed E-state index contributed by atoms with van der Waals surface area (Å²) in [6, 6.07) is 4.76. The molecule has 0 unspecified atom stereocenters. The van der Waals surface area contributed by atoms with Crippen LogP contribution in [0.15, 0.2) is 18.2 Å². The highest BCUT2D eigenvalue weighted by Crippen LogP contribution is 2.55. The van der Waals surface area contributed by atoms with Crippen LogP contribution in [0, 0.1) is 17.8 Å². The van der Waals surface area contributed by atoms with E-state index in [1.54, 1.807) is 18.2 Å². The molecule has 4 bridgehead atoms. The van der Waals surface area contributed by atoms with Gasteiger partial charge in [-0.2, -0.15) is 0 Å². The Bertz CT molecular complexity index is 669. The Morgan fingerprint density at radius 2 is 1.50 bits per heavy atom. The molecule has 1 aromatic rings. The molecule has 2 amide bonds. The number of rotatable bonds is 2. The van der Waals surface area contributed by atoms with Crippen LogP contribution in [0.1, 0.15) is 38.5 Å². The second-order valence-electron chi connectivity index (χ2n) is 7.74. The maximum absolute atomic E-state index is 12.4. The molecule has 2 N–H and O–H groups in total. The van der Waals surface area contributed by atoms with E-state index in [9.17, 15) is 9.59 Å². The number of anilines is 1. The van der Waals surface area contributed by atoms with Gasteiger partial charge in [0.25, 0.3) is 0 Å². The van der Waals surface area contributed by atoms with E-state index in [1.165, 1.54) is 19.3 Å². The highest BCUT2D eigenvalue weighted by atomic mass is 35.5. The zero-order valence-electron chi connectivity index (χ0n) is 13.3. The maximum Gasteiger partial charge on any atom is 0.313 e. The van der Waals surface area contributed by atoms with Gasteiger partial charge in [0.2, 0.25) is 0 Å². The topological polar surface area (TPSA) is 58.2 Å². The van der Waals surface area contributed by atoms with Crippen LogP contribution in [-0.2, 0) is 9.59 Å². The smallest absolute Gasteiger partial charge is 0.313 e. The van der Waals surface area contributed by atoms with Gasteiger partial charge in [0.1, 0.15) is 0 Å². The Hall–Kier alpha value is -1.26. The van der Waals surface area contributed by atoms with E-state index >= 15 is 0 Å². The number of hydrogen-bond donors (Lipinski definition) is 2. The summed E-state index contributed by atoms with van der Waals surface area (Å²) in [5, 5.41) is 6.41. The summed E-state index contributed by atoms with van der Waals surface area (Å²) in [5.74, 6) is 0.950. The highest BCUT2D eigenvalue weighted by Gasteiger charge is 2.51. The van der Waals surface area contributed by atoms with E-state index in [1.807, 2.05) is 0 Å². The Balaban J connectivity index is 1.42. The van der Waals surface area contributed by atoms with Crippen molar-refractivity contribution in [2.45, 2.75) is 44.1 Å². The Morgan fingerprint density at radius 3 is 2.04 bits per heavy atom. The number of carbonyl (C=O) groups is 2. The molecule has 6 heteroatoms. The molecular weight excluding hydrogens is 347 g/mol. The molecule has 4 fully saturated rings. The Morgan fingerprint density at radius 1 is 0.917 bits per heavy atom. The first-order valence-corrected chi connectivity index (χ1v) is 9.27. The minimum Gasteiger partial charge on any atom is -0.342 e. The summed E-state index contributed by atoms with van der Waals surface area (Å²) in [5.41, 5.74) is 0.302. The van der Waals surface area contributed by atoms with Crippen molar-refractivity contribution in [2.75, 3.05) is 5.32 Å². The van der Waals surface area contributed by atoms with Gasteiger partial charge < -0.3 is 10.6 Å². The lowest BCUT2D eigenvalue weighted by Gasteiger charge is -2.56. The molecular formula is C18H20Cl2N2O2. The van der Waals surface area contributed by atoms with Crippen LogP contribution in [-0.4, -0.2) is 17.4 Å². The van der Waals surface area contributed by atoms with Crippen molar-refractivity contribution >= 4 is 40.7 Å². The van der Waals surface area contributed by atoms with Crippen LogP contribution in [0.25, 0.3) is 0 Å². The fourth-order valence-corrected chi connectivity index (χ4v) is 5.62. The molecule has 5 rings (SSSR count). The highest BCUT2D eigenvalue weighted by molar-refractivity contribution is 6.43. The van der Waals surface area contributed by atoms with Gasteiger partial charge in [0.05, 0.1) is 10.0 Å². The number of benzene rings is 1. The average Bonchev–Trinajstić information content (AvgIpc) is 2.49. The lowest BCUT2D eigenvalue weighted by Crippen LogP contribution is -2.61. The van der Waals surface area contributed by atoms with E-state index in [0.717, 1.165) is 37.0 Å². The van der Waals surface area contributed by atoms with Crippen molar-refractivity contribution in [2.24, 2.45) is 17.8 Å². The van der Waals surface area contributed by atoms with Gasteiger partial charge in [-0.3, -0.25) is 9.59 Å². The van der Waals surface area contributed by atoms with Crippen molar-refractivity contribution in [1.82, 2.24) is 5.32 Å². The standard InChI is InChI=1S/C18H20Cl2N2O2/c19-14-2-1-13(6-15(14)20)21-16(23)17(24)22-18-7-10-3-11(8-18)5-12(4-10)9-18/h1-2,6,10-12H,3-5,7-9H2,(H,21,23)(H,22,24). The Labute approximate surface area is 151 Å². The van der Waals surface area contributed by atoms with E-state index in [2.05, 4.69) is 10.6 Å². The summed E-state index contributed by atoms with van der Waals surface area (Å²) in [6.07, 6.45) is 6.94. The third-order valence-electron chi connectivity index (χ3n) is 5.80. The normalized spacial score (nSPS) is 33.3. The van der Waals surface area contributed by atoms with E-state index in [4.69, 9.17) is 23.2 Å². The molecule has 4 saturated carbocycles. The summed E-state index contributed by atoms with van der Waals surface area (Å²) < 4.78 is 0. The summed E-state index contributed by atoms with van der Waals surface area (Å²) in [7, 11) is 0. The minimum absolute atomic E-state index is 0.166. The van der Waals surface area contributed by atoms with Gasteiger partial charge >= 0.3 is 11.8 Å². The predicted molar refractivity (Wildman–Crippen MR) is 94.1 cm³/mol. The van der Waals surface area contributed by atoms with Crippen LogP contribution in [0.5, 0.6) is 0 Å². The Kier molecular flexibility index (Phi) is 4.00. The van der Waals surface area contributed by atoms with Gasteiger partial charge in [-0.1, -0.05) is 23.2 Å². The molecule has 0 aliphatic heterocycles. The minimum atomic E-state index is -0.649. The van der Waals surface area contributed by atoms with Crippen LogP contribution in [0.4, 0.5) is 5.69 Å². The van der Waals surface area contributed by atoms with Crippen molar-refractivity contribution in [1.29, 1.82) is 0 Å². The van der Waals surface area contributed by atoms with Gasteiger partial charge in [-0.05, 0) is 74.5 Å². The van der Waals surface area contributed by atoms with E-state index in [-0.39, 0.29) is 5.54 Å². The summed E-state index contributed by atoms with van der Waals surface area (Å²) in [6.45, 7) is 0. The molecule has 128 valence electrons. The fraction of sp³-hybridized carbons (Fsp3) is 0.556. The molecule has 4 aliphatic rings. The van der Waals surface area contributed by atoms with E-state index in [0.29, 0.717) is 15.7 Å². The molecule has 0 saturated heterocycles. The van der Waals surface area contributed by atoms with E-state index < -0.39 is 11.8 Å². The van der Waals surface area contributed by atoms with Crippen LogP contribution in [0.2, 0.25) is 10.0 Å². The molecule has 24 heavy (non-hydrogen) atoms. The summed E-state index contributed by atoms with van der Waals surface area (Å²) >= 11 is 11.8. The predicted octanol–water partition coefficient (Wildman–Crippen LogP) is 4.02. The molecule has 4 aliphatic carbocycles. The second-order valence-corrected chi connectivity index (χ2v) is 8.55. The number of halogens is 2. The molecule has 4 nitrogen and oxygen atoms in total. The molecule has 0 radical (unpaired) electrons. The molecule has 0 atom stereocenters. The average molecular weight is 367 g/mol. The van der Waals surface area contributed by atoms with Crippen molar-refractivity contribution < 1.29 is 9.59 Å². The molecule has 0 heterocycles. The largest absolute Gasteiger partial charge is 0.342 e. The van der Waals surface area contributed by atoms with Gasteiger partial charge in [-0.15, -0.1) is 0 Å². The SMILES string of the molecule is O=C(Nc1ccc(Cl)c(Cl)c1)C(=O)NC12CC3CC(CC(C3)C1)C2. The third-order valence-corrected chi connectivity index (χ3v) is 6.54. The lowest BCUT2D eigenvalue weighted by atomic mass is 9.53. The van der Waals surface area contributed by atoms with Crippen LogP contribution >= 0.6 is 23.2 Å². The first-order chi connectivity index (χ1) is 11.4. The number of nitrogens with one attached hydrogen (secondary N) is 2. The van der Waals surface area contributed by atoms with Gasteiger partial charge in [0.15, 0.2) is 0 Å². The van der Waals surface area contributed by atoms with Crippen molar-refractivity contribution in [3.05, 3.63) is 28.2 Å². The monoisotopic (exact) mass is 366 g/mol. The molecule has 1 aromatic carbocycles. The van der Waals surface area contributed by atoms with Crippen molar-refractivity contribution in [3.8, 4) is 0 Å². The lowest BCUT2D eigenvalue weighted by molar-refractivity contribution is -0.139. The zero-order valence-corrected chi connectivity index (χ0v) is 14.8. The van der Waals surface area contributed by atoms with Crippen LogP contribution < -0.4 is 10.6 Å².